The third kappa shape index (κ3) is 4.33. The molecule has 4 aliphatic carbocycles. The second-order valence-electron chi connectivity index (χ2n) is 14.3. The zero-order chi connectivity index (χ0) is 31.9. The van der Waals surface area contributed by atoms with Crippen molar-refractivity contribution in [3.05, 3.63) is 82.5 Å². The molecule has 2 aromatic rings. The maximum Gasteiger partial charge on any atom is 0.193 e. The number of benzene rings is 2. The lowest BCUT2D eigenvalue weighted by Gasteiger charge is -2.59. The molecule has 7 rings (SSSR count). The van der Waals surface area contributed by atoms with Crippen molar-refractivity contribution >= 4 is 17.3 Å². The molecule has 8 heteroatoms. The molecule has 4 fully saturated rings. The van der Waals surface area contributed by atoms with E-state index in [0.29, 0.717) is 30.9 Å². The number of ether oxygens (including phenoxy) is 3. The van der Waals surface area contributed by atoms with Gasteiger partial charge in [-0.25, -0.2) is 0 Å². The number of Topliss-reactive ketones (excluding diaryl/α,β-unsaturated/α-hetero) is 1. The van der Waals surface area contributed by atoms with Crippen LogP contribution < -0.4 is 10.5 Å². The number of nitrogens with two attached hydrogens (primary N) is 1. The van der Waals surface area contributed by atoms with Crippen LogP contribution in [-0.4, -0.2) is 46.2 Å². The molecule has 0 spiro atoms. The van der Waals surface area contributed by atoms with Crippen molar-refractivity contribution in [2.75, 3.05) is 12.3 Å². The Morgan fingerprint density at radius 1 is 1.18 bits per heavy atom. The molecule has 0 aromatic heterocycles. The highest BCUT2D eigenvalue weighted by molar-refractivity contribution is 6.01. The van der Waals surface area contributed by atoms with Gasteiger partial charge in [-0.05, 0) is 98.4 Å². The minimum absolute atomic E-state index is 0.00313. The van der Waals surface area contributed by atoms with Crippen molar-refractivity contribution in [1.29, 1.82) is 0 Å². The van der Waals surface area contributed by atoms with Crippen LogP contribution in [0.15, 0.2) is 60.2 Å². The average molecular weight is 614 g/mol. The fourth-order valence-corrected chi connectivity index (χ4v) is 10.0. The average Bonchev–Trinajstić information content (AvgIpc) is 3.49. The summed E-state index contributed by atoms with van der Waals surface area (Å²) >= 11 is 0. The van der Waals surface area contributed by atoms with Gasteiger partial charge in [0.1, 0.15) is 19.0 Å². The summed E-state index contributed by atoms with van der Waals surface area (Å²) in [7, 11) is 0. The normalized spacial score (nSPS) is 38.2. The van der Waals surface area contributed by atoms with Crippen molar-refractivity contribution in [3.8, 4) is 5.75 Å². The first-order valence-corrected chi connectivity index (χ1v) is 16.1. The Labute approximate surface area is 264 Å². The first kappa shape index (κ1) is 30.4. The van der Waals surface area contributed by atoms with E-state index in [1.807, 2.05) is 56.3 Å². The maximum atomic E-state index is 13.9. The van der Waals surface area contributed by atoms with Crippen LogP contribution in [0.3, 0.4) is 0 Å². The monoisotopic (exact) mass is 613 g/mol. The lowest BCUT2D eigenvalue weighted by molar-refractivity contribution is -0.201. The van der Waals surface area contributed by atoms with Gasteiger partial charge < -0.3 is 30.2 Å². The molecule has 5 aliphatic rings. The fraction of sp³-hybridized carbons (Fsp3) is 0.514. The number of rotatable bonds is 6. The predicted molar refractivity (Wildman–Crippen MR) is 168 cm³/mol. The smallest absolute Gasteiger partial charge is 0.193 e. The van der Waals surface area contributed by atoms with E-state index in [9.17, 15) is 19.8 Å². The number of aryl methyl sites for hydroxylation is 1. The minimum Gasteiger partial charge on any atom is -0.489 e. The number of carbonyl (C=O) groups is 2. The highest BCUT2D eigenvalue weighted by atomic mass is 16.7. The summed E-state index contributed by atoms with van der Waals surface area (Å²) in [6.07, 6.45) is 5.72. The number of hydrogen-bond donors (Lipinski definition) is 3. The molecule has 0 radical (unpaired) electrons. The molecule has 0 bridgehead atoms. The number of anilines is 1. The van der Waals surface area contributed by atoms with Gasteiger partial charge in [0, 0.05) is 28.0 Å². The Kier molecular flexibility index (Phi) is 7.17. The first-order chi connectivity index (χ1) is 21.4. The summed E-state index contributed by atoms with van der Waals surface area (Å²) < 4.78 is 19.8. The Hall–Kier alpha value is -3.30. The van der Waals surface area contributed by atoms with Crippen LogP contribution in [0.1, 0.15) is 68.1 Å². The van der Waals surface area contributed by atoms with E-state index < -0.39 is 47.3 Å². The van der Waals surface area contributed by atoms with Gasteiger partial charge in [0.25, 0.3) is 0 Å². The molecule has 1 aliphatic heterocycles. The van der Waals surface area contributed by atoms with Gasteiger partial charge >= 0.3 is 0 Å². The summed E-state index contributed by atoms with van der Waals surface area (Å²) in [5.41, 5.74) is 8.68. The lowest BCUT2D eigenvalue weighted by atomic mass is 9.46. The molecular weight excluding hydrogens is 570 g/mol. The van der Waals surface area contributed by atoms with Crippen molar-refractivity contribution in [1.82, 2.24) is 0 Å². The number of ketones is 2. The Morgan fingerprint density at radius 3 is 2.73 bits per heavy atom. The number of aliphatic hydroxyl groups excluding tert-OH is 2. The lowest BCUT2D eigenvalue weighted by Crippen LogP contribution is -2.63. The molecular formula is C37H43NO7. The van der Waals surface area contributed by atoms with Crippen LogP contribution in [0, 0.1) is 42.4 Å². The largest absolute Gasteiger partial charge is 0.489 e. The molecule has 45 heavy (non-hydrogen) atoms. The molecule has 8 nitrogen and oxygen atoms in total. The highest BCUT2D eigenvalue weighted by Crippen LogP contribution is 2.70. The van der Waals surface area contributed by atoms with Crippen molar-refractivity contribution in [2.24, 2.45) is 28.6 Å². The van der Waals surface area contributed by atoms with Crippen LogP contribution in [-0.2, 0) is 25.7 Å². The third-order valence-electron chi connectivity index (χ3n) is 12.1. The molecule has 3 saturated carbocycles. The van der Waals surface area contributed by atoms with E-state index in [-0.39, 0.29) is 23.5 Å². The van der Waals surface area contributed by atoms with Crippen LogP contribution in [0.5, 0.6) is 5.75 Å². The molecule has 238 valence electrons. The zero-order valence-corrected chi connectivity index (χ0v) is 26.4. The molecule has 0 unspecified atom stereocenters. The van der Waals surface area contributed by atoms with Crippen LogP contribution in [0.25, 0.3) is 0 Å². The predicted octanol–water partition coefficient (Wildman–Crippen LogP) is 5.07. The van der Waals surface area contributed by atoms with E-state index >= 15 is 0 Å². The van der Waals surface area contributed by atoms with Gasteiger partial charge in [0.05, 0.1) is 12.2 Å². The summed E-state index contributed by atoms with van der Waals surface area (Å²) in [4.78, 5) is 26.2. The molecule has 4 N–H and O–H groups in total. The van der Waals surface area contributed by atoms with Crippen LogP contribution in [0.4, 0.5) is 5.69 Å². The second-order valence-corrected chi connectivity index (χ2v) is 14.3. The fourth-order valence-electron chi connectivity index (χ4n) is 10.0. The molecule has 1 heterocycles. The number of nitrogen functional groups attached to an aromatic ring is 1. The molecule has 9 atom stereocenters. The quantitative estimate of drug-likeness (QED) is 0.386. The van der Waals surface area contributed by atoms with Gasteiger partial charge in [-0.3, -0.25) is 9.59 Å². The summed E-state index contributed by atoms with van der Waals surface area (Å²) in [5.74, 6) is 0.326. The van der Waals surface area contributed by atoms with E-state index in [1.165, 1.54) is 0 Å². The summed E-state index contributed by atoms with van der Waals surface area (Å²) in [6.45, 7) is 7.81. The summed E-state index contributed by atoms with van der Waals surface area (Å²) in [6, 6.07) is 11.5. The number of allylic oxidation sites excluding steroid dienone is 4. The maximum absolute atomic E-state index is 13.9. The van der Waals surface area contributed by atoms with Crippen molar-refractivity contribution < 1.29 is 34.0 Å². The Morgan fingerprint density at radius 2 is 1.98 bits per heavy atom. The van der Waals surface area contributed by atoms with Gasteiger partial charge in [-0.2, -0.15) is 0 Å². The molecule has 1 saturated heterocycles. The minimum atomic E-state index is -1.41. The number of hydrogen-bond acceptors (Lipinski definition) is 8. The summed E-state index contributed by atoms with van der Waals surface area (Å²) in [5, 5.41) is 22.3. The van der Waals surface area contributed by atoms with Crippen LogP contribution >= 0.6 is 0 Å². The van der Waals surface area contributed by atoms with Crippen molar-refractivity contribution in [3.63, 3.8) is 0 Å². The van der Waals surface area contributed by atoms with Gasteiger partial charge in [-0.1, -0.05) is 43.7 Å². The van der Waals surface area contributed by atoms with E-state index in [2.05, 4.69) is 13.8 Å². The second kappa shape index (κ2) is 10.6. The number of fused-ring (bicyclic) bond motifs is 7. The molecule has 2 aromatic carbocycles. The Balaban J connectivity index is 1.21. The highest BCUT2D eigenvalue weighted by Gasteiger charge is 2.76. The third-order valence-corrected chi connectivity index (χ3v) is 12.1. The van der Waals surface area contributed by atoms with Gasteiger partial charge in [0.2, 0.25) is 0 Å². The van der Waals surface area contributed by atoms with E-state index in [4.69, 9.17) is 19.9 Å². The topological polar surface area (TPSA) is 128 Å². The number of aliphatic hydroxyl groups is 2. The van der Waals surface area contributed by atoms with Crippen LogP contribution in [0.2, 0.25) is 0 Å². The Bertz CT molecular complexity index is 1630. The standard InChI is InChI=1S/C37H43NO7/c1-20-8-11-29(43-19-22-6-5-7-24(38)14-22)21(2)32(20)34-44-31-16-27-26-10-9-23-15-25(40)12-13-35(23,3)33(26)28(41)17-36(27,4)37(31,45-34)30(42)18-39/h5-8,11-15,26-28,31,33-34,39,41H,9-10,16-19,38H2,1-4H3/t26-,27-,28-,31+,33+,34-,35-,36-,37+/m0/s1. The van der Waals surface area contributed by atoms with E-state index in [0.717, 1.165) is 40.7 Å². The van der Waals surface area contributed by atoms with E-state index in [1.54, 1.807) is 12.2 Å². The number of carbonyl (C=O) groups excluding carboxylic acids is 2. The first-order valence-electron chi connectivity index (χ1n) is 16.1. The molecule has 0 amide bonds. The van der Waals surface area contributed by atoms with Gasteiger partial charge in [0.15, 0.2) is 23.5 Å². The zero-order valence-electron chi connectivity index (χ0n) is 26.4. The van der Waals surface area contributed by atoms with Gasteiger partial charge in [-0.15, -0.1) is 0 Å². The van der Waals surface area contributed by atoms with Crippen molar-refractivity contribution in [2.45, 2.75) is 84.1 Å². The SMILES string of the molecule is Cc1ccc(OCc2cccc(N)c2)c(C)c1[C@H]1O[C@@H]2C[C@H]3[C@@H]4CCC5=CC(=O)C=C[C@]5(C)[C@H]4[C@@H](O)C[C@]3(C)[C@]2(C(=O)CO)O1.